The third kappa shape index (κ3) is 2.73. The predicted octanol–water partition coefficient (Wildman–Crippen LogP) is 4.04. The zero-order chi connectivity index (χ0) is 15.0. The highest BCUT2D eigenvalue weighted by atomic mass is 19.1. The van der Waals surface area contributed by atoms with Crippen molar-refractivity contribution < 1.29 is 8.78 Å². The van der Waals surface area contributed by atoms with Crippen molar-refractivity contribution in [3.8, 4) is 11.3 Å². The number of hydrogen-bond acceptors (Lipinski definition) is 3. The fourth-order valence-electron chi connectivity index (χ4n) is 2.34. The van der Waals surface area contributed by atoms with E-state index in [1.807, 2.05) is 13.8 Å². The van der Waals surface area contributed by atoms with Crippen LogP contribution in [0.2, 0.25) is 0 Å². The van der Waals surface area contributed by atoms with Gasteiger partial charge in [-0.1, -0.05) is 0 Å². The normalized spacial score (nSPS) is 14.3. The Bertz CT molecular complexity index is 681. The van der Waals surface area contributed by atoms with E-state index in [4.69, 9.17) is 0 Å². The van der Waals surface area contributed by atoms with E-state index in [0.29, 0.717) is 24.0 Å². The molecule has 2 aromatic rings. The van der Waals surface area contributed by atoms with Gasteiger partial charge in [0.1, 0.15) is 23.3 Å². The lowest BCUT2D eigenvalue weighted by molar-refractivity contribution is 0.602. The molecule has 1 aliphatic rings. The fraction of sp³-hybridized carbons (Fsp3) is 0.375. The summed E-state index contributed by atoms with van der Waals surface area (Å²) in [5, 5.41) is 3.18. The third-order valence-electron chi connectivity index (χ3n) is 3.63. The van der Waals surface area contributed by atoms with Crippen LogP contribution in [0.1, 0.15) is 37.1 Å². The van der Waals surface area contributed by atoms with Crippen LogP contribution < -0.4 is 5.32 Å². The van der Waals surface area contributed by atoms with Crippen molar-refractivity contribution >= 4 is 5.82 Å². The molecule has 1 aliphatic carbocycles. The zero-order valence-electron chi connectivity index (χ0n) is 12.1. The second kappa shape index (κ2) is 5.39. The van der Waals surface area contributed by atoms with Gasteiger partial charge in [-0.25, -0.2) is 18.7 Å². The standard InChI is InChI=1S/C16H17F2N3/c1-3-19-15-9(2)14(20-16(21-15)10-4-5-10)12-8-11(17)6-7-13(12)18/h6-8,10H,3-5H2,1-2H3,(H,19,20,21). The minimum atomic E-state index is -0.470. The molecule has 0 atom stereocenters. The Kier molecular flexibility index (Phi) is 3.57. The van der Waals surface area contributed by atoms with Crippen molar-refractivity contribution in [3.05, 3.63) is 41.2 Å². The number of benzene rings is 1. The van der Waals surface area contributed by atoms with Crippen molar-refractivity contribution in [2.45, 2.75) is 32.6 Å². The van der Waals surface area contributed by atoms with Crippen LogP contribution in [0.4, 0.5) is 14.6 Å². The summed E-state index contributed by atoms with van der Waals surface area (Å²) in [5.74, 6) is 0.825. The molecule has 0 amide bonds. The summed E-state index contributed by atoms with van der Waals surface area (Å²) in [5.41, 5.74) is 1.40. The van der Waals surface area contributed by atoms with E-state index < -0.39 is 11.6 Å². The maximum absolute atomic E-state index is 14.1. The first-order valence-corrected chi connectivity index (χ1v) is 7.18. The van der Waals surface area contributed by atoms with E-state index >= 15 is 0 Å². The van der Waals surface area contributed by atoms with Gasteiger partial charge in [-0.05, 0) is 44.9 Å². The van der Waals surface area contributed by atoms with Gasteiger partial charge < -0.3 is 5.32 Å². The fourth-order valence-corrected chi connectivity index (χ4v) is 2.34. The van der Waals surface area contributed by atoms with Crippen LogP contribution >= 0.6 is 0 Å². The van der Waals surface area contributed by atoms with E-state index in [2.05, 4.69) is 15.3 Å². The highest BCUT2D eigenvalue weighted by molar-refractivity contribution is 5.69. The quantitative estimate of drug-likeness (QED) is 0.923. The van der Waals surface area contributed by atoms with Crippen molar-refractivity contribution in [1.82, 2.24) is 9.97 Å². The molecule has 3 rings (SSSR count). The molecule has 110 valence electrons. The van der Waals surface area contributed by atoms with Crippen LogP contribution in [0, 0.1) is 18.6 Å². The monoisotopic (exact) mass is 289 g/mol. The molecule has 1 saturated carbocycles. The molecule has 0 aliphatic heterocycles. The van der Waals surface area contributed by atoms with Gasteiger partial charge in [-0.2, -0.15) is 0 Å². The van der Waals surface area contributed by atoms with Gasteiger partial charge in [0.15, 0.2) is 0 Å². The summed E-state index contributed by atoms with van der Waals surface area (Å²) in [6, 6.07) is 3.44. The van der Waals surface area contributed by atoms with Crippen LogP contribution in [-0.4, -0.2) is 16.5 Å². The van der Waals surface area contributed by atoms with Crippen molar-refractivity contribution in [3.63, 3.8) is 0 Å². The van der Waals surface area contributed by atoms with E-state index in [-0.39, 0.29) is 5.56 Å². The van der Waals surface area contributed by atoms with E-state index in [0.717, 1.165) is 36.4 Å². The molecule has 3 nitrogen and oxygen atoms in total. The molecule has 1 heterocycles. The van der Waals surface area contributed by atoms with Crippen molar-refractivity contribution in [1.29, 1.82) is 0 Å². The maximum Gasteiger partial charge on any atom is 0.134 e. The second-order valence-electron chi connectivity index (χ2n) is 5.33. The Morgan fingerprint density at radius 1 is 1.24 bits per heavy atom. The SMILES string of the molecule is CCNc1nc(C2CC2)nc(-c2cc(F)ccc2F)c1C. The first-order chi connectivity index (χ1) is 10.1. The Hall–Kier alpha value is -2.04. The third-order valence-corrected chi connectivity index (χ3v) is 3.63. The van der Waals surface area contributed by atoms with Crippen LogP contribution in [0.3, 0.4) is 0 Å². The summed E-state index contributed by atoms with van der Waals surface area (Å²) in [4.78, 5) is 9.02. The number of nitrogens with zero attached hydrogens (tertiary/aromatic N) is 2. The molecule has 0 bridgehead atoms. The number of hydrogen-bond donors (Lipinski definition) is 1. The van der Waals surface area contributed by atoms with Gasteiger partial charge in [-0.3, -0.25) is 0 Å². The number of anilines is 1. The largest absolute Gasteiger partial charge is 0.370 e. The average Bonchev–Trinajstić information content (AvgIpc) is 3.29. The lowest BCUT2D eigenvalue weighted by Crippen LogP contribution is -2.08. The molecular formula is C16H17F2N3. The lowest BCUT2D eigenvalue weighted by atomic mass is 10.1. The smallest absolute Gasteiger partial charge is 0.134 e. The van der Waals surface area contributed by atoms with Gasteiger partial charge in [-0.15, -0.1) is 0 Å². The molecule has 0 radical (unpaired) electrons. The van der Waals surface area contributed by atoms with E-state index in [1.54, 1.807) is 0 Å². The average molecular weight is 289 g/mol. The first-order valence-electron chi connectivity index (χ1n) is 7.18. The second-order valence-corrected chi connectivity index (χ2v) is 5.33. The lowest BCUT2D eigenvalue weighted by Gasteiger charge is -2.14. The molecule has 21 heavy (non-hydrogen) atoms. The summed E-state index contributed by atoms with van der Waals surface area (Å²) in [6.07, 6.45) is 2.11. The summed E-state index contributed by atoms with van der Waals surface area (Å²) in [6.45, 7) is 4.52. The maximum atomic E-state index is 14.1. The Balaban J connectivity index is 2.17. The molecular weight excluding hydrogens is 272 g/mol. The van der Waals surface area contributed by atoms with E-state index in [1.165, 1.54) is 6.07 Å². The summed E-state index contributed by atoms with van der Waals surface area (Å²) >= 11 is 0. The van der Waals surface area contributed by atoms with Gasteiger partial charge in [0.2, 0.25) is 0 Å². The molecule has 0 unspecified atom stereocenters. The van der Waals surface area contributed by atoms with Crippen molar-refractivity contribution in [2.24, 2.45) is 0 Å². The minimum absolute atomic E-state index is 0.191. The number of rotatable bonds is 4. The number of nitrogens with one attached hydrogen (secondary N) is 1. The van der Waals surface area contributed by atoms with Crippen molar-refractivity contribution in [2.75, 3.05) is 11.9 Å². The predicted molar refractivity (Wildman–Crippen MR) is 78.3 cm³/mol. The summed E-state index contributed by atoms with van der Waals surface area (Å²) in [7, 11) is 0. The van der Waals surface area contributed by atoms with Gasteiger partial charge in [0.25, 0.3) is 0 Å². The highest BCUT2D eigenvalue weighted by Gasteiger charge is 2.28. The molecule has 1 aromatic heterocycles. The number of halogens is 2. The molecule has 0 saturated heterocycles. The zero-order valence-corrected chi connectivity index (χ0v) is 12.1. The molecule has 0 spiro atoms. The topological polar surface area (TPSA) is 37.8 Å². The molecule has 1 N–H and O–H groups in total. The number of aromatic nitrogens is 2. The Labute approximate surface area is 122 Å². The van der Waals surface area contributed by atoms with Crippen LogP contribution in [0.25, 0.3) is 11.3 Å². The van der Waals surface area contributed by atoms with Gasteiger partial charge in [0.05, 0.1) is 5.69 Å². The highest BCUT2D eigenvalue weighted by Crippen LogP contribution is 2.40. The van der Waals surface area contributed by atoms with Gasteiger partial charge >= 0.3 is 0 Å². The first kappa shape index (κ1) is 13.9. The van der Waals surface area contributed by atoms with Crippen LogP contribution in [0.15, 0.2) is 18.2 Å². The molecule has 5 heteroatoms. The Morgan fingerprint density at radius 2 is 2.00 bits per heavy atom. The van der Waals surface area contributed by atoms with Crippen LogP contribution in [0.5, 0.6) is 0 Å². The van der Waals surface area contributed by atoms with E-state index in [9.17, 15) is 8.78 Å². The Morgan fingerprint density at radius 3 is 2.67 bits per heavy atom. The molecule has 1 aromatic carbocycles. The van der Waals surface area contributed by atoms with Gasteiger partial charge in [0, 0.05) is 23.6 Å². The summed E-state index contributed by atoms with van der Waals surface area (Å²) < 4.78 is 27.5. The van der Waals surface area contributed by atoms with Crippen LogP contribution in [-0.2, 0) is 0 Å². The molecule has 1 fully saturated rings. The minimum Gasteiger partial charge on any atom is -0.370 e.